The summed E-state index contributed by atoms with van der Waals surface area (Å²) in [5.41, 5.74) is 0. The van der Waals surface area contributed by atoms with Gasteiger partial charge in [-0.25, -0.2) is 9.37 Å². The van der Waals surface area contributed by atoms with Crippen molar-refractivity contribution in [1.82, 2.24) is 4.98 Å². The van der Waals surface area contributed by atoms with Gasteiger partial charge in [0.1, 0.15) is 12.0 Å². The predicted octanol–water partition coefficient (Wildman–Crippen LogP) is 3.04. The van der Waals surface area contributed by atoms with Crippen LogP contribution in [0.15, 0.2) is 18.3 Å². The van der Waals surface area contributed by atoms with Gasteiger partial charge in [0.25, 0.3) is 0 Å². The van der Waals surface area contributed by atoms with E-state index >= 15 is 0 Å². The molecule has 2 nitrogen and oxygen atoms in total. The molecule has 1 heterocycles. The largest absolute Gasteiger partial charge is 0.364 e. The zero-order valence-electron chi connectivity index (χ0n) is 7.71. The molecule has 1 aromatic heterocycles. The molecule has 0 aliphatic heterocycles. The molecule has 0 spiro atoms. The summed E-state index contributed by atoms with van der Waals surface area (Å²) >= 11 is 5.69. The molecule has 0 saturated heterocycles. The van der Waals surface area contributed by atoms with Crippen LogP contribution in [0, 0.1) is 0 Å². The fourth-order valence-electron chi connectivity index (χ4n) is 1.73. The van der Waals surface area contributed by atoms with E-state index in [4.69, 9.17) is 11.6 Å². The maximum Gasteiger partial charge on any atom is 0.126 e. The lowest BCUT2D eigenvalue weighted by Crippen LogP contribution is -2.25. The van der Waals surface area contributed by atoms with Crippen molar-refractivity contribution >= 4 is 17.4 Å². The number of alkyl halides is 1. The Kier molecular flexibility index (Phi) is 2.87. The van der Waals surface area contributed by atoms with Crippen LogP contribution in [-0.4, -0.2) is 17.2 Å². The van der Waals surface area contributed by atoms with Gasteiger partial charge in [-0.1, -0.05) is 11.6 Å². The minimum absolute atomic E-state index is 0.0799. The summed E-state index contributed by atoms with van der Waals surface area (Å²) in [7, 11) is 0. The second kappa shape index (κ2) is 4.13. The average Bonchev–Trinajstić information content (AvgIpc) is 2.56. The summed E-state index contributed by atoms with van der Waals surface area (Å²) < 4.78 is 13.2. The van der Waals surface area contributed by atoms with Gasteiger partial charge in [0.2, 0.25) is 0 Å². The first-order valence-corrected chi connectivity index (χ1v) is 5.15. The van der Waals surface area contributed by atoms with E-state index < -0.39 is 6.17 Å². The van der Waals surface area contributed by atoms with Crippen LogP contribution in [0.4, 0.5) is 10.2 Å². The molecule has 0 aromatic carbocycles. The highest BCUT2D eigenvalue weighted by Gasteiger charge is 2.26. The summed E-state index contributed by atoms with van der Waals surface area (Å²) in [6.07, 6.45) is 3.31. The van der Waals surface area contributed by atoms with Gasteiger partial charge >= 0.3 is 0 Å². The maximum atomic E-state index is 13.2. The molecule has 4 heteroatoms. The molecule has 2 rings (SSSR count). The Bertz CT molecular complexity index is 301. The molecule has 2 atom stereocenters. The van der Waals surface area contributed by atoms with Crippen LogP contribution in [0.3, 0.4) is 0 Å². The lowest BCUT2D eigenvalue weighted by atomic mass is 10.2. The van der Waals surface area contributed by atoms with Crippen molar-refractivity contribution < 1.29 is 4.39 Å². The predicted molar refractivity (Wildman–Crippen MR) is 55.4 cm³/mol. The number of rotatable bonds is 2. The molecule has 76 valence electrons. The smallest absolute Gasteiger partial charge is 0.126 e. The van der Waals surface area contributed by atoms with E-state index in [0.717, 1.165) is 12.8 Å². The molecular formula is C10H12ClFN2. The zero-order chi connectivity index (χ0) is 9.97. The number of hydrogen-bond acceptors (Lipinski definition) is 2. The Balaban J connectivity index is 2.00. The molecule has 1 aliphatic carbocycles. The second-order valence-electron chi connectivity index (χ2n) is 3.56. The summed E-state index contributed by atoms with van der Waals surface area (Å²) in [6, 6.07) is 3.44. The summed E-state index contributed by atoms with van der Waals surface area (Å²) in [6.45, 7) is 0. The number of pyridine rings is 1. The molecule has 1 saturated carbocycles. The van der Waals surface area contributed by atoms with Gasteiger partial charge in [-0.15, -0.1) is 0 Å². The first-order valence-electron chi connectivity index (χ1n) is 4.78. The first kappa shape index (κ1) is 9.71. The van der Waals surface area contributed by atoms with Crippen molar-refractivity contribution in [3.63, 3.8) is 0 Å². The van der Waals surface area contributed by atoms with E-state index in [1.165, 1.54) is 0 Å². The van der Waals surface area contributed by atoms with Gasteiger partial charge in [0.15, 0.2) is 0 Å². The summed E-state index contributed by atoms with van der Waals surface area (Å²) in [5.74, 6) is 0.698. The van der Waals surface area contributed by atoms with Crippen molar-refractivity contribution in [2.75, 3.05) is 5.32 Å². The SMILES string of the molecule is F[C@H]1CCC[C@H]1Nc1ccc(Cl)cn1. The van der Waals surface area contributed by atoms with E-state index in [1.54, 1.807) is 18.3 Å². The zero-order valence-corrected chi connectivity index (χ0v) is 8.47. The Morgan fingerprint density at radius 2 is 2.29 bits per heavy atom. The van der Waals surface area contributed by atoms with Crippen LogP contribution in [0.2, 0.25) is 5.02 Å². The van der Waals surface area contributed by atoms with Crippen molar-refractivity contribution in [2.45, 2.75) is 31.5 Å². The van der Waals surface area contributed by atoms with Crippen LogP contribution in [0.1, 0.15) is 19.3 Å². The fraction of sp³-hybridized carbons (Fsp3) is 0.500. The second-order valence-corrected chi connectivity index (χ2v) is 4.00. The first-order chi connectivity index (χ1) is 6.75. The van der Waals surface area contributed by atoms with Crippen LogP contribution in [0.5, 0.6) is 0 Å². The van der Waals surface area contributed by atoms with E-state index in [0.29, 0.717) is 17.3 Å². The quantitative estimate of drug-likeness (QED) is 0.819. The van der Waals surface area contributed by atoms with Crippen LogP contribution < -0.4 is 5.32 Å². The Labute approximate surface area is 87.5 Å². The number of halogens is 2. The monoisotopic (exact) mass is 214 g/mol. The third-order valence-corrected chi connectivity index (χ3v) is 2.72. The van der Waals surface area contributed by atoms with Crippen molar-refractivity contribution in [2.24, 2.45) is 0 Å². The summed E-state index contributed by atoms with van der Waals surface area (Å²) in [5, 5.41) is 3.67. The lowest BCUT2D eigenvalue weighted by molar-refractivity contribution is 0.323. The van der Waals surface area contributed by atoms with E-state index in [1.807, 2.05) is 0 Å². The van der Waals surface area contributed by atoms with E-state index in [-0.39, 0.29) is 6.04 Å². The topological polar surface area (TPSA) is 24.9 Å². The molecule has 0 unspecified atom stereocenters. The normalized spacial score (nSPS) is 26.4. The van der Waals surface area contributed by atoms with Crippen molar-refractivity contribution in [3.8, 4) is 0 Å². The minimum atomic E-state index is -0.743. The van der Waals surface area contributed by atoms with Gasteiger partial charge in [0, 0.05) is 6.20 Å². The van der Waals surface area contributed by atoms with Crippen LogP contribution in [-0.2, 0) is 0 Å². The maximum absolute atomic E-state index is 13.2. The number of aromatic nitrogens is 1. The Morgan fingerprint density at radius 1 is 1.43 bits per heavy atom. The van der Waals surface area contributed by atoms with E-state index in [9.17, 15) is 4.39 Å². The van der Waals surface area contributed by atoms with Gasteiger partial charge in [-0.3, -0.25) is 0 Å². The summed E-state index contributed by atoms with van der Waals surface area (Å²) in [4.78, 5) is 4.07. The van der Waals surface area contributed by atoms with Gasteiger partial charge < -0.3 is 5.32 Å². The molecule has 0 bridgehead atoms. The minimum Gasteiger partial charge on any atom is -0.364 e. The molecule has 1 fully saturated rings. The van der Waals surface area contributed by atoms with Gasteiger partial charge in [-0.2, -0.15) is 0 Å². The fourth-order valence-corrected chi connectivity index (χ4v) is 1.84. The average molecular weight is 215 g/mol. The number of nitrogens with zero attached hydrogens (tertiary/aromatic N) is 1. The van der Waals surface area contributed by atoms with Crippen molar-refractivity contribution in [1.29, 1.82) is 0 Å². The number of anilines is 1. The van der Waals surface area contributed by atoms with Gasteiger partial charge in [0.05, 0.1) is 11.1 Å². The van der Waals surface area contributed by atoms with E-state index in [2.05, 4.69) is 10.3 Å². The molecular weight excluding hydrogens is 203 g/mol. The van der Waals surface area contributed by atoms with Crippen LogP contribution >= 0.6 is 11.6 Å². The molecule has 14 heavy (non-hydrogen) atoms. The third kappa shape index (κ3) is 2.15. The Morgan fingerprint density at radius 3 is 2.86 bits per heavy atom. The molecule has 1 N–H and O–H groups in total. The number of hydrogen-bond donors (Lipinski definition) is 1. The molecule has 0 amide bonds. The number of nitrogens with one attached hydrogen (secondary N) is 1. The Hall–Kier alpha value is -0.830. The van der Waals surface area contributed by atoms with Gasteiger partial charge in [-0.05, 0) is 31.4 Å². The highest BCUT2D eigenvalue weighted by Crippen LogP contribution is 2.24. The standard InChI is InChI=1S/C10H12ClFN2/c11-7-4-5-10(13-6-7)14-9-3-1-2-8(9)12/h4-6,8-9H,1-3H2,(H,13,14)/t8-,9+/m0/s1. The highest BCUT2D eigenvalue weighted by molar-refractivity contribution is 6.30. The third-order valence-electron chi connectivity index (χ3n) is 2.49. The van der Waals surface area contributed by atoms with Crippen molar-refractivity contribution in [3.05, 3.63) is 23.4 Å². The molecule has 1 aliphatic rings. The lowest BCUT2D eigenvalue weighted by Gasteiger charge is -2.15. The molecule has 0 radical (unpaired) electrons. The van der Waals surface area contributed by atoms with Crippen LogP contribution in [0.25, 0.3) is 0 Å². The highest BCUT2D eigenvalue weighted by atomic mass is 35.5. The molecule has 1 aromatic rings.